The van der Waals surface area contributed by atoms with Crippen molar-refractivity contribution in [2.75, 3.05) is 13.3 Å². The fourth-order valence-corrected chi connectivity index (χ4v) is 7.53. The third-order valence-corrected chi connectivity index (χ3v) is 9.56. The van der Waals surface area contributed by atoms with Crippen LogP contribution in [0.25, 0.3) is 0 Å². The van der Waals surface area contributed by atoms with E-state index in [1.807, 2.05) is 0 Å². The van der Waals surface area contributed by atoms with Gasteiger partial charge in [0.2, 0.25) is 0 Å². The van der Waals surface area contributed by atoms with Gasteiger partial charge >= 0.3 is 71.4 Å². The summed E-state index contributed by atoms with van der Waals surface area (Å²) in [5, 5.41) is 0. The van der Waals surface area contributed by atoms with E-state index in [-0.39, 0.29) is 0 Å². The van der Waals surface area contributed by atoms with Crippen LogP contribution in [0, 0.1) is 0 Å². The van der Waals surface area contributed by atoms with Crippen LogP contribution in [0.4, 0.5) is 0 Å². The molecule has 68 valence electrons. The van der Waals surface area contributed by atoms with Crippen molar-refractivity contribution >= 4 is 7.26 Å². The quantitative estimate of drug-likeness (QED) is 0.563. The Morgan fingerprint density at radius 1 is 1.00 bits per heavy atom. The van der Waals surface area contributed by atoms with E-state index in [1.54, 1.807) is 0 Å². The van der Waals surface area contributed by atoms with Gasteiger partial charge in [-0.1, -0.05) is 0 Å². The molecule has 11 heavy (non-hydrogen) atoms. The van der Waals surface area contributed by atoms with E-state index in [0.29, 0.717) is 0 Å². The fourth-order valence-electron chi connectivity index (χ4n) is 2.94. The van der Waals surface area contributed by atoms with Crippen molar-refractivity contribution in [2.45, 2.75) is 50.8 Å². The summed E-state index contributed by atoms with van der Waals surface area (Å²) in [5.74, 6) is 0. The Morgan fingerprint density at radius 3 is 1.55 bits per heavy atom. The predicted molar refractivity (Wildman–Crippen MR) is 57.6 cm³/mol. The molecule has 1 aliphatic rings. The van der Waals surface area contributed by atoms with Crippen LogP contribution in [0.2, 0.25) is 0 Å². The molecule has 0 amide bonds. The third kappa shape index (κ3) is 1.61. The van der Waals surface area contributed by atoms with E-state index in [2.05, 4.69) is 27.2 Å². The average Bonchev–Trinajstić information content (AvgIpc) is 2.24. The topological polar surface area (TPSA) is 0 Å². The zero-order chi connectivity index (χ0) is 8.48. The van der Waals surface area contributed by atoms with Gasteiger partial charge in [0.25, 0.3) is 0 Å². The van der Waals surface area contributed by atoms with Gasteiger partial charge in [-0.3, -0.25) is 0 Å². The van der Waals surface area contributed by atoms with Crippen LogP contribution in [-0.2, 0) is 0 Å². The Hall–Kier alpha value is 0.430. The second-order valence-electron chi connectivity index (χ2n) is 4.61. The Morgan fingerprint density at radius 2 is 1.36 bits per heavy atom. The normalized spacial score (nSPS) is 38.9. The Balaban J connectivity index is 2.64. The van der Waals surface area contributed by atoms with E-state index >= 15 is 0 Å². The summed E-state index contributed by atoms with van der Waals surface area (Å²) >= 11 is 0. The van der Waals surface area contributed by atoms with Crippen LogP contribution < -0.4 is 0 Å². The first kappa shape index (κ1) is 9.52. The maximum absolute atomic E-state index is 2.60. The molecule has 0 bridgehead atoms. The molecular weight excluding hydrogens is 151 g/mol. The van der Waals surface area contributed by atoms with Crippen molar-refractivity contribution in [1.82, 2.24) is 0 Å². The van der Waals surface area contributed by atoms with Gasteiger partial charge in [0.1, 0.15) is 0 Å². The molecule has 0 aromatic heterocycles. The molecule has 0 nitrogen and oxygen atoms in total. The summed E-state index contributed by atoms with van der Waals surface area (Å²) < 4.78 is 0. The molecule has 1 saturated heterocycles. The van der Waals surface area contributed by atoms with Gasteiger partial charge in [0, 0.05) is 0 Å². The van der Waals surface area contributed by atoms with Gasteiger partial charge in [-0.15, -0.1) is 0 Å². The van der Waals surface area contributed by atoms with E-state index in [0.717, 1.165) is 11.3 Å². The second kappa shape index (κ2) is 3.44. The van der Waals surface area contributed by atoms with Crippen LogP contribution in [0.5, 0.6) is 0 Å². The van der Waals surface area contributed by atoms with Crippen molar-refractivity contribution in [2.24, 2.45) is 0 Å². The zero-order valence-corrected chi connectivity index (χ0v) is 9.48. The summed E-state index contributed by atoms with van der Waals surface area (Å²) in [5.41, 5.74) is 2.26. The fraction of sp³-hybridized carbons (Fsp3) is 1.00. The summed E-state index contributed by atoms with van der Waals surface area (Å²) in [7, 11) is -0.799. The minimum absolute atomic E-state index is 0.799. The van der Waals surface area contributed by atoms with Gasteiger partial charge in [-0.2, -0.15) is 0 Å². The molecule has 1 aliphatic heterocycles. The van der Waals surface area contributed by atoms with Crippen molar-refractivity contribution in [1.29, 1.82) is 0 Å². The van der Waals surface area contributed by atoms with Crippen molar-refractivity contribution in [3.05, 3.63) is 0 Å². The second-order valence-corrected chi connectivity index (χ2v) is 9.88. The molecular formula is C10H23P. The first-order valence-corrected chi connectivity index (χ1v) is 8.28. The minimum atomic E-state index is -0.799. The molecule has 0 aromatic rings. The monoisotopic (exact) mass is 174 g/mol. The van der Waals surface area contributed by atoms with Crippen molar-refractivity contribution < 1.29 is 0 Å². The molecule has 0 N–H and O–H groups in total. The van der Waals surface area contributed by atoms with Gasteiger partial charge < -0.3 is 0 Å². The molecule has 0 saturated carbocycles. The van der Waals surface area contributed by atoms with E-state index in [1.165, 1.54) is 25.7 Å². The van der Waals surface area contributed by atoms with Crippen LogP contribution >= 0.6 is 7.26 Å². The molecule has 0 aromatic carbocycles. The predicted octanol–water partition coefficient (Wildman–Crippen LogP) is 3.35. The maximum atomic E-state index is 2.60. The van der Waals surface area contributed by atoms with E-state index in [4.69, 9.17) is 0 Å². The molecule has 0 spiro atoms. The first-order valence-electron chi connectivity index (χ1n) is 5.12. The number of hydrogen-bond acceptors (Lipinski definition) is 0. The van der Waals surface area contributed by atoms with E-state index < -0.39 is 7.26 Å². The number of hydrogen-bond donors (Lipinski definition) is 0. The number of rotatable bonds is 2. The van der Waals surface area contributed by atoms with Gasteiger partial charge in [-0.05, 0) is 0 Å². The van der Waals surface area contributed by atoms with Crippen molar-refractivity contribution in [3.63, 3.8) is 0 Å². The van der Waals surface area contributed by atoms with Crippen LogP contribution in [0.1, 0.15) is 39.5 Å². The molecule has 0 unspecified atom stereocenters. The molecule has 0 radical (unpaired) electrons. The Kier molecular flexibility index (Phi) is 2.97. The summed E-state index contributed by atoms with van der Waals surface area (Å²) in [4.78, 5) is 0. The summed E-state index contributed by atoms with van der Waals surface area (Å²) in [6, 6.07) is 0. The van der Waals surface area contributed by atoms with Crippen molar-refractivity contribution in [3.8, 4) is 0 Å². The van der Waals surface area contributed by atoms with Gasteiger partial charge in [0.05, 0.1) is 0 Å². The molecule has 1 rings (SSSR count). The summed E-state index contributed by atoms with van der Waals surface area (Å²) in [6.45, 7) is 9.94. The summed E-state index contributed by atoms with van der Waals surface area (Å²) in [6.07, 6.45) is 5.95. The zero-order valence-electron chi connectivity index (χ0n) is 8.48. The SMILES string of the molecule is CC[C@@H]1CC[C@@H](CC)[PH]1(C)C. The van der Waals surface area contributed by atoms with E-state index in [9.17, 15) is 0 Å². The average molecular weight is 174 g/mol. The van der Waals surface area contributed by atoms with Crippen LogP contribution in [-0.4, -0.2) is 24.6 Å². The van der Waals surface area contributed by atoms with Crippen LogP contribution in [0.15, 0.2) is 0 Å². The molecule has 0 aliphatic carbocycles. The standard InChI is InChI=1S/C10H23P/c1-5-9-7-8-10(6-2)11(9,3)4/h9-11H,5-8H2,1-4H3/t9-,10-/m1/s1. The van der Waals surface area contributed by atoms with Gasteiger partial charge in [-0.25, -0.2) is 0 Å². The van der Waals surface area contributed by atoms with Crippen LogP contribution in [0.3, 0.4) is 0 Å². The Labute approximate surface area is 72.1 Å². The molecule has 1 heterocycles. The Bertz CT molecular complexity index is 115. The molecule has 1 fully saturated rings. The van der Waals surface area contributed by atoms with Gasteiger partial charge in [0.15, 0.2) is 0 Å². The molecule has 1 heteroatoms. The molecule has 2 atom stereocenters. The third-order valence-electron chi connectivity index (χ3n) is 3.95. The first-order chi connectivity index (χ1) is 5.12.